The van der Waals surface area contributed by atoms with E-state index in [1.165, 1.54) is 21.5 Å². The Kier molecular flexibility index (Phi) is 3.53. The Hall–Kier alpha value is -5.02. The molecule has 0 aliphatic rings. The van der Waals surface area contributed by atoms with E-state index in [0.717, 1.165) is 60.6 Å². The molecule has 0 saturated heterocycles. The summed E-state index contributed by atoms with van der Waals surface area (Å²) in [6, 6.07) is 40.4. The molecule has 0 aliphatic heterocycles. The van der Waals surface area contributed by atoms with Crippen LogP contribution in [-0.4, -0.2) is 4.57 Å². The highest BCUT2D eigenvalue weighted by Gasteiger charge is 2.22. The molecule has 9 rings (SSSR count). The van der Waals surface area contributed by atoms with Crippen molar-refractivity contribution in [1.82, 2.24) is 4.57 Å². The van der Waals surface area contributed by atoms with Crippen molar-refractivity contribution in [3.63, 3.8) is 0 Å². The summed E-state index contributed by atoms with van der Waals surface area (Å²) in [6.45, 7) is 0. The minimum atomic E-state index is 0.898. The molecule has 0 spiro atoms. The maximum absolute atomic E-state index is 6.62. The van der Waals surface area contributed by atoms with Crippen LogP contribution in [0.5, 0.6) is 0 Å². The van der Waals surface area contributed by atoms with E-state index < -0.39 is 0 Å². The van der Waals surface area contributed by atoms with Crippen LogP contribution in [0.3, 0.4) is 0 Å². The van der Waals surface area contributed by atoms with Crippen LogP contribution in [0.4, 0.5) is 0 Å². The first-order chi connectivity index (χ1) is 18.4. The van der Waals surface area contributed by atoms with Gasteiger partial charge < -0.3 is 13.4 Å². The second-order valence-corrected chi connectivity index (χ2v) is 9.70. The fraction of sp³-hybridized carbons (Fsp3) is 0. The summed E-state index contributed by atoms with van der Waals surface area (Å²) >= 11 is 0. The van der Waals surface area contributed by atoms with E-state index in [2.05, 4.69) is 102 Å². The van der Waals surface area contributed by atoms with Gasteiger partial charge in [-0.25, -0.2) is 0 Å². The third kappa shape index (κ3) is 2.41. The molecule has 6 aromatic carbocycles. The average molecular weight is 474 g/mol. The van der Waals surface area contributed by atoms with Crippen molar-refractivity contribution in [3.8, 4) is 5.69 Å². The van der Waals surface area contributed by atoms with Crippen molar-refractivity contribution >= 4 is 76.5 Å². The van der Waals surface area contributed by atoms with Crippen LogP contribution in [0.15, 0.2) is 124 Å². The van der Waals surface area contributed by atoms with E-state index in [9.17, 15) is 0 Å². The smallest absolute Gasteiger partial charge is 0.146 e. The Labute approximate surface area is 210 Å². The molecule has 0 saturated carbocycles. The van der Waals surface area contributed by atoms with Crippen molar-refractivity contribution in [1.29, 1.82) is 0 Å². The molecule has 3 heterocycles. The minimum Gasteiger partial charge on any atom is -0.456 e. The van der Waals surface area contributed by atoms with Crippen LogP contribution >= 0.6 is 0 Å². The molecule has 0 amide bonds. The van der Waals surface area contributed by atoms with Crippen LogP contribution < -0.4 is 0 Å². The maximum atomic E-state index is 6.62. The van der Waals surface area contributed by atoms with Gasteiger partial charge >= 0.3 is 0 Å². The van der Waals surface area contributed by atoms with Gasteiger partial charge in [-0.05, 0) is 41.8 Å². The summed E-state index contributed by atoms with van der Waals surface area (Å²) in [4.78, 5) is 0. The van der Waals surface area contributed by atoms with Crippen LogP contribution in [0.1, 0.15) is 0 Å². The van der Waals surface area contributed by atoms with Gasteiger partial charge in [-0.2, -0.15) is 0 Å². The lowest BCUT2D eigenvalue weighted by Gasteiger charge is -2.11. The van der Waals surface area contributed by atoms with Gasteiger partial charge in [-0.1, -0.05) is 78.9 Å². The third-order valence-corrected chi connectivity index (χ3v) is 7.77. The molecule has 37 heavy (non-hydrogen) atoms. The largest absolute Gasteiger partial charge is 0.456 e. The zero-order valence-corrected chi connectivity index (χ0v) is 19.7. The molecule has 3 aromatic heterocycles. The lowest BCUT2D eigenvalue weighted by Crippen LogP contribution is -1.94. The summed E-state index contributed by atoms with van der Waals surface area (Å²) in [7, 11) is 0. The number of rotatable bonds is 1. The monoisotopic (exact) mass is 473 g/mol. The van der Waals surface area contributed by atoms with Gasteiger partial charge in [-0.3, -0.25) is 0 Å². The first kappa shape index (κ1) is 19.2. The van der Waals surface area contributed by atoms with Crippen LogP contribution in [-0.2, 0) is 0 Å². The molecule has 172 valence electrons. The van der Waals surface area contributed by atoms with E-state index in [1.54, 1.807) is 0 Å². The fourth-order valence-electron chi connectivity index (χ4n) is 6.24. The standard InChI is InChI=1S/C34H19NO2/c1-2-11-23-22(10-1)31-25-13-5-8-16-29(25)37-34(31)32-24-12-3-6-14-27(24)35(33(23)32)20-17-18-30-26(19-20)21-9-4-7-15-28(21)36-30/h1-19H. The Bertz CT molecular complexity index is 2360. The Morgan fingerprint density at radius 3 is 1.89 bits per heavy atom. The van der Waals surface area contributed by atoms with Gasteiger partial charge in [0.25, 0.3) is 0 Å². The molecular formula is C34H19NO2. The van der Waals surface area contributed by atoms with Crippen LogP contribution in [0.2, 0.25) is 0 Å². The first-order valence-electron chi connectivity index (χ1n) is 12.5. The third-order valence-electron chi connectivity index (χ3n) is 7.77. The molecule has 9 aromatic rings. The highest BCUT2D eigenvalue weighted by atomic mass is 16.3. The quantitative estimate of drug-likeness (QED) is 0.238. The number of nitrogens with zero attached hydrogens (tertiary/aromatic N) is 1. The summed E-state index contributed by atoms with van der Waals surface area (Å²) < 4.78 is 15.1. The number of para-hydroxylation sites is 3. The number of fused-ring (bicyclic) bond motifs is 13. The Morgan fingerprint density at radius 1 is 0.432 bits per heavy atom. The normalized spacial score (nSPS) is 12.3. The van der Waals surface area contributed by atoms with Crippen molar-refractivity contribution < 1.29 is 8.83 Å². The van der Waals surface area contributed by atoms with E-state index in [0.29, 0.717) is 0 Å². The lowest BCUT2D eigenvalue weighted by atomic mass is 9.99. The summed E-state index contributed by atoms with van der Waals surface area (Å²) in [5.41, 5.74) is 7.09. The fourth-order valence-corrected chi connectivity index (χ4v) is 6.24. The number of furan rings is 2. The molecule has 0 aliphatic carbocycles. The Morgan fingerprint density at radius 2 is 1.05 bits per heavy atom. The molecule has 0 radical (unpaired) electrons. The predicted octanol–water partition coefficient (Wildman–Crippen LogP) is 9.74. The van der Waals surface area contributed by atoms with Gasteiger partial charge in [0, 0.05) is 38.0 Å². The van der Waals surface area contributed by atoms with Gasteiger partial charge in [0.1, 0.15) is 22.3 Å². The highest BCUT2D eigenvalue weighted by Crippen LogP contribution is 2.46. The topological polar surface area (TPSA) is 31.2 Å². The van der Waals surface area contributed by atoms with Crippen LogP contribution in [0, 0.1) is 0 Å². The molecule has 0 atom stereocenters. The number of hydrogen-bond acceptors (Lipinski definition) is 2. The molecular weight excluding hydrogens is 454 g/mol. The number of benzene rings is 6. The molecule has 0 N–H and O–H groups in total. The second kappa shape index (κ2) is 6.80. The van der Waals surface area contributed by atoms with E-state index in [1.807, 2.05) is 18.2 Å². The van der Waals surface area contributed by atoms with E-state index >= 15 is 0 Å². The maximum Gasteiger partial charge on any atom is 0.146 e. The predicted molar refractivity (Wildman–Crippen MR) is 153 cm³/mol. The van der Waals surface area contributed by atoms with E-state index in [4.69, 9.17) is 8.83 Å². The van der Waals surface area contributed by atoms with Crippen LogP contribution in [0.25, 0.3) is 82.1 Å². The summed E-state index contributed by atoms with van der Waals surface area (Å²) in [5, 5.41) is 9.33. The molecule has 3 heteroatoms. The van der Waals surface area contributed by atoms with Gasteiger partial charge in [0.05, 0.1) is 16.4 Å². The molecule has 0 bridgehead atoms. The van der Waals surface area contributed by atoms with Crippen molar-refractivity contribution in [2.75, 3.05) is 0 Å². The Balaban J connectivity index is 1.54. The molecule has 0 fully saturated rings. The zero-order chi connectivity index (χ0) is 24.1. The van der Waals surface area contributed by atoms with Gasteiger partial charge in [0.15, 0.2) is 0 Å². The summed E-state index contributed by atoms with van der Waals surface area (Å²) in [5.74, 6) is 0. The summed E-state index contributed by atoms with van der Waals surface area (Å²) in [6.07, 6.45) is 0. The van der Waals surface area contributed by atoms with Gasteiger partial charge in [-0.15, -0.1) is 0 Å². The highest BCUT2D eigenvalue weighted by molar-refractivity contribution is 6.35. The van der Waals surface area contributed by atoms with E-state index in [-0.39, 0.29) is 0 Å². The number of hydrogen-bond donors (Lipinski definition) is 0. The zero-order valence-electron chi connectivity index (χ0n) is 19.7. The average Bonchev–Trinajstić information content (AvgIpc) is 3.62. The number of aromatic nitrogens is 1. The molecule has 3 nitrogen and oxygen atoms in total. The second-order valence-electron chi connectivity index (χ2n) is 9.70. The lowest BCUT2D eigenvalue weighted by molar-refractivity contribution is 0.669. The minimum absolute atomic E-state index is 0.898. The van der Waals surface area contributed by atoms with Crippen molar-refractivity contribution in [3.05, 3.63) is 115 Å². The van der Waals surface area contributed by atoms with Gasteiger partial charge in [0.2, 0.25) is 0 Å². The van der Waals surface area contributed by atoms with Crippen molar-refractivity contribution in [2.24, 2.45) is 0 Å². The molecule has 0 unspecified atom stereocenters. The van der Waals surface area contributed by atoms with Crippen molar-refractivity contribution in [2.45, 2.75) is 0 Å². The first-order valence-corrected chi connectivity index (χ1v) is 12.5. The SMILES string of the molecule is c1ccc2c(c1)oc1ccc(-n3c4ccccc4c4c5oc6ccccc6c5c5ccccc5c43)cc12.